The molecule has 0 saturated carbocycles. The van der Waals surface area contributed by atoms with Gasteiger partial charge >= 0.3 is 0 Å². The van der Waals surface area contributed by atoms with E-state index in [1.807, 2.05) is 16.7 Å². The molecular weight excluding hydrogens is 321 g/mol. The van der Waals surface area contributed by atoms with Gasteiger partial charge in [-0.25, -0.2) is 18.1 Å². The number of imidazole rings is 1. The van der Waals surface area contributed by atoms with Crippen LogP contribution in [0.2, 0.25) is 5.02 Å². The number of aromatic nitrogens is 2. The van der Waals surface area contributed by atoms with Crippen molar-refractivity contribution in [3.63, 3.8) is 0 Å². The summed E-state index contributed by atoms with van der Waals surface area (Å²) in [5.74, 6) is 1.25. The quantitative estimate of drug-likeness (QED) is 0.821. The molecule has 0 fully saturated rings. The molecular formula is C12H15Cl2N3O2S. The number of hydrogen-bond acceptors (Lipinski definition) is 3. The van der Waals surface area contributed by atoms with E-state index < -0.39 is 10.0 Å². The Balaban J connectivity index is 2.34. The molecule has 0 radical (unpaired) electrons. The van der Waals surface area contributed by atoms with Gasteiger partial charge in [-0.15, -0.1) is 11.6 Å². The predicted octanol–water partition coefficient (Wildman–Crippen LogP) is 2.02. The number of halogens is 2. The number of fused-ring (bicyclic) bond motifs is 1. The third-order valence-corrected chi connectivity index (χ3v) is 4.05. The second kappa shape index (κ2) is 6.30. The van der Waals surface area contributed by atoms with Crippen molar-refractivity contribution in [1.82, 2.24) is 14.3 Å². The Morgan fingerprint density at radius 3 is 2.80 bits per heavy atom. The fraction of sp³-hybridized carbons (Fsp3) is 0.417. The molecule has 2 aromatic rings. The van der Waals surface area contributed by atoms with E-state index in [0.29, 0.717) is 35.9 Å². The van der Waals surface area contributed by atoms with Crippen molar-refractivity contribution in [3.8, 4) is 0 Å². The van der Waals surface area contributed by atoms with Crippen molar-refractivity contribution in [3.05, 3.63) is 29.0 Å². The number of hydrogen-bond donors (Lipinski definition) is 1. The molecule has 0 bridgehead atoms. The maximum atomic E-state index is 11.1. The first-order valence-electron chi connectivity index (χ1n) is 6.06. The van der Waals surface area contributed by atoms with Crippen molar-refractivity contribution in [2.75, 3.05) is 18.7 Å². The van der Waals surface area contributed by atoms with Crippen molar-refractivity contribution in [2.24, 2.45) is 0 Å². The van der Waals surface area contributed by atoms with Crippen LogP contribution in [0.3, 0.4) is 0 Å². The van der Waals surface area contributed by atoms with E-state index in [2.05, 4.69) is 9.71 Å². The number of nitrogens with zero attached hydrogens (tertiary/aromatic N) is 2. The summed E-state index contributed by atoms with van der Waals surface area (Å²) in [7, 11) is -3.20. The fourth-order valence-corrected chi connectivity index (χ4v) is 2.87. The first kappa shape index (κ1) is 15.6. The van der Waals surface area contributed by atoms with Gasteiger partial charge in [0, 0.05) is 25.4 Å². The van der Waals surface area contributed by atoms with Gasteiger partial charge in [-0.3, -0.25) is 0 Å². The zero-order valence-electron chi connectivity index (χ0n) is 10.9. The fourth-order valence-electron chi connectivity index (χ4n) is 2.03. The second-order valence-corrected chi connectivity index (χ2v) is 7.01. The van der Waals surface area contributed by atoms with Crippen LogP contribution < -0.4 is 4.72 Å². The zero-order valence-corrected chi connectivity index (χ0v) is 13.3. The van der Waals surface area contributed by atoms with E-state index in [1.54, 1.807) is 6.07 Å². The number of para-hydroxylation sites is 1. The molecule has 1 N–H and O–H groups in total. The van der Waals surface area contributed by atoms with Gasteiger partial charge in [0.05, 0.1) is 16.8 Å². The second-order valence-electron chi connectivity index (χ2n) is 4.39. The van der Waals surface area contributed by atoms with Gasteiger partial charge in [-0.2, -0.15) is 0 Å². The summed E-state index contributed by atoms with van der Waals surface area (Å²) < 4.78 is 26.6. The lowest BCUT2D eigenvalue weighted by Crippen LogP contribution is -2.26. The SMILES string of the molecule is CS(=O)(=O)NCCn1c(CCCl)nc2c(Cl)cccc21. The molecule has 5 nitrogen and oxygen atoms in total. The molecule has 0 aliphatic carbocycles. The van der Waals surface area contributed by atoms with Gasteiger partial charge in [0.15, 0.2) is 0 Å². The number of benzene rings is 1. The minimum Gasteiger partial charge on any atom is -0.327 e. The molecule has 8 heteroatoms. The summed E-state index contributed by atoms with van der Waals surface area (Å²) in [6, 6.07) is 5.53. The van der Waals surface area contributed by atoms with Crippen molar-refractivity contribution >= 4 is 44.3 Å². The Labute approximate surface area is 127 Å². The molecule has 0 spiro atoms. The molecule has 2 rings (SSSR count). The van der Waals surface area contributed by atoms with Crippen molar-refractivity contribution in [2.45, 2.75) is 13.0 Å². The molecule has 110 valence electrons. The van der Waals surface area contributed by atoms with E-state index in [1.165, 1.54) is 0 Å². The van der Waals surface area contributed by atoms with Gasteiger partial charge in [0.25, 0.3) is 0 Å². The summed E-state index contributed by atoms with van der Waals surface area (Å²) in [4.78, 5) is 4.49. The van der Waals surface area contributed by atoms with Gasteiger partial charge < -0.3 is 4.57 Å². The highest BCUT2D eigenvalue weighted by atomic mass is 35.5. The lowest BCUT2D eigenvalue weighted by Gasteiger charge is -2.08. The van der Waals surface area contributed by atoms with Crippen LogP contribution in [-0.2, 0) is 23.0 Å². The van der Waals surface area contributed by atoms with Crippen LogP contribution >= 0.6 is 23.2 Å². The van der Waals surface area contributed by atoms with Crippen molar-refractivity contribution in [1.29, 1.82) is 0 Å². The molecule has 0 unspecified atom stereocenters. The molecule has 0 atom stereocenters. The minimum atomic E-state index is -3.20. The first-order valence-corrected chi connectivity index (χ1v) is 8.87. The first-order chi connectivity index (χ1) is 9.42. The Bertz CT molecular complexity index is 713. The van der Waals surface area contributed by atoms with E-state index in [0.717, 1.165) is 17.6 Å². The van der Waals surface area contributed by atoms with E-state index >= 15 is 0 Å². The highest BCUT2D eigenvalue weighted by Crippen LogP contribution is 2.24. The van der Waals surface area contributed by atoms with Crippen LogP contribution in [0, 0.1) is 0 Å². The number of aryl methyl sites for hydroxylation is 1. The molecule has 20 heavy (non-hydrogen) atoms. The van der Waals surface area contributed by atoms with Crippen LogP contribution in [0.25, 0.3) is 11.0 Å². The number of rotatable bonds is 6. The Morgan fingerprint density at radius 1 is 1.40 bits per heavy atom. The molecule has 0 amide bonds. The third-order valence-electron chi connectivity index (χ3n) is 2.83. The Kier molecular flexibility index (Phi) is 4.90. The van der Waals surface area contributed by atoms with Crippen LogP contribution in [-0.4, -0.2) is 36.6 Å². The highest BCUT2D eigenvalue weighted by molar-refractivity contribution is 7.88. The Hall–Kier alpha value is -0.820. The monoisotopic (exact) mass is 335 g/mol. The minimum absolute atomic E-state index is 0.298. The van der Waals surface area contributed by atoms with Crippen LogP contribution in [0.15, 0.2) is 18.2 Å². The van der Waals surface area contributed by atoms with Crippen LogP contribution in [0.1, 0.15) is 5.82 Å². The smallest absolute Gasteiger partial charge is 0.208 e. The van der Waals surface area contributed by atoms with Gasteiger partial charge in [0.1, 0.15) is 11.3 Å². The van der Waals surface area contributed by atoms with Gasteiger partial charge in [-0.05, 0) is 12.1 Å². The zero-order chi connectivity index (χ0) is 14.8. The van der Waals surface area contributed by atoms with Gasteiger partial charge in [-0.1, -0.05) is 17.7 Å². The van der Waals surface area contributed by atoms with Crippen LogP contribution in [0.4, 0.5) is 0 Å². The largest absolute Gasteiger partial charge is 0.327 e. The summed E-state index contributed by atoms with van der Waals surface area (Å²) in [6.07, 6.45) is 1.74. The maximum Gasteiger partial charge on any atom is 0.208 e. The molecule has 0 aliphatic rings. The summed E-state index contributed by atoms with van der Waals surface area (Å²) in [6.45, 7) is 0.780. The number of sulfonamides is 1. The highest BCUT2D eigenvalue weighted by Gasteiger charge is 2.12. The average molecular weight is 336 g/mol. The topological polar surface area (TPSA) is 64.0 Å². The lowest BCUT2D eigenvalue weighted by atomic mass is 10.3. The molecule has 0 saturated heterocycles. The predicted molar refractivity (Wildman–Crippen MR) is 82.0 cm³/mol. The maximum absolute atomic E-state index is 11.1. The van der Waals surface area contributed by atoms with E-state index in [-0.39, 0.29) is 0 Å². The molecule has 1 aromatic carbocycles. The normalized spacial score (nSPS) is 12.2. The molecule has 1 aromatic heterocycles. The standard InChI is InChI=1S/C12H15Cl2N3O2S/c1-20(18,19)15-7-8-17-10-4-2-3-9(14)12(10)16-11(17)5-6-13/h2-4,15H,5-8H2,1H3. The van der Waals surface area contributed by atoms with Gasteiger partial charge in [0.2, 0.25) is 10.0 Å². The summed E-state index contributed by atoms with van der Waals surface area (Å²) in [5.41, 5.74) is 1.60. The average Bonchev–Trinajstić information content (AvgIpc) is 2.69. The van der Waals surface area contributed by atoms with Crippen molar-refractivity contribution < 1.29 is 8.42 Å². The van der Waals surface area contributed by atoms with E-state index in [9.17, 15) is 8.42 Å². The number of nitrogens with one attached hydrogen (secondary N) is 1. The summed E-state index contributed by atoms with van der Waals surface area (Å²) in [5, 5.41) is 0.577. The molecule has 1 heterocycles. The van der Waals surface area contributed by atoms with E-state index in [4.69, 9.17) is 23.2 Å². The summed E-state index contributed by atoms with van der Waals surface area (Å²) >= 11 is 11.9. The number of alkyl halides is 1. The third kappa shape index (κ3) is 3.63. The molecule has 0 aliphatic heterocycles. The lowest BCUT2D eigenvalue weighted by molar-refractivity contribution is 0.577. The Morgan fingerprint density at radius 2 is 2.15 bits per heavy atom. The van der Waals surface area contributed by atoms with Crippen LogP contribution in [0.5, 0.6) is 0 Å².